The number of hydrogen-bond acceptors (Lipinski definition) is 4. The van der Waals surface area contributed by atoms with Gasteiger partial charge in [0.15, 0.2) is 0 Å². The molecule has 1 saturated heterocycles. The number of hydrogen-bond donors (Lipinski definition) is 1. The Morgan fingerprint density at radius 1 is 1.00 bits per heavy atom. The van der Waals surface area contributed by atoms with Crippen molar-refractivity contribution in [1.82, 2.24) is 15.3 Å². The number of rotatable bonds is 4. The van der Waals surface area contributed by atoms with Gasteiger partial charge in [0, 0.05) is 25.0 Å². The number of nitrogens with zero attached hydrogens (tertiary/aromatic N) is 3. The number of amides is 1. The summed E-state index contributed by atoms with van der Waals surface area (Å²) in [6, 6.07) is 16.1. The molecule has 1 fully saturated rings. The van der Waals surface area contributed by atoms with E-state index in [4.69, 9.17) is 0 Å². The van der Waals surface area contributed by atoms with Crippen LogP contribution in [0, 0.1) is 6.92 Å². The molecule has 27 heavy (non-hydrogen) atoms. The Morgan fingerprint density at radius 2 is 1.74 bits per heavy atom. The molecule has 0 unspecified atom stereocenters. The van der Waals surface area contributed by atoms with Crippen LogP contribution in [-0.2, 0) is 6.54 Å². The molecule has 3 aromatic rings. The zero-order chi connectivity index (χ0) is 18.6. The number of benzene rings is 2. The van der Waals surface area contributed by atoms with E-state index in [1.165, 1.54) is 12.0 Å². The van der Waals surface area contributed by atoms with Crippen molar-refractivity contribution in [3.63, 3.8) is 0 Å². The topological polar surface area (TPSA) is 58.1 Å². The summed E-state index contributed by atoms with van der Waals surface area (Å²) in [5.41, 5.74) is 3.08. The molecular formula is C22H24N4O. The molecule has 0 radical (unpaired) electrons. The quantitative estimate of drug-likeness (QED) is 0.768. The van der Waals surface area contributed by atoms with Crippen molar-refractivity contribution in [2.45, 2.75) is 32.7 Å². The first-order valence-corrected chi connectivity index (χ1v) is 9.56. The first-order chi connectivity index (χ1) is 13.2. The van der Waals surface area contributed by atoms with Crippen LogP contribution in [0.25, 0.3) is 10.9 Å². The summed E-state index contributed by atoms with van der Waals surface area (Å²) in [4.78, 5) is 24.2. The van der Waals surface area contributed by atoms with Gasteiger partial charge in [0.25, 0.3) is 5.91 Å². The lowest BCUT2D eigenvalue weighted by atomic mass is 10.1. The highest BCUT2D eigenvalue weighted by atomic mass is 16.2. The molecule has 138 valence electrons. The summed E-state index contributed by atoms with van der Waals surface area (Å²) < 4.78 is 0. The summed E-state index contributed by atoms with van der Waals surface area (Å²) in [7, 11) is 0. The third-order valence-electron chi connectivity index (χ3n) is 5.02. The number of anilines is 1. The Morgan fingerprint density at radius 3 is 2.52 bits per heavy atom. The zero-order valence-electron chi connectivity index (χ0n) is 15.6. The van der Waals surface area contributed by atoms with Gasteiger partial charge in [-0.25, -0.2) is 9.97 Å². The third-order valence-corrected chi connectivity index (χ3v) is 5.02. The van der Waals surface area contributed by atoms with E-state index < -0.39 is 0 Å². The monoisotopic (exact) mass is 360 g/mol. The maximum Gasteiger partial charge on any atom is 0.289 e. The van der Waals surface area contributed by atoms with Gasteiger partial charge in [-0.15, -0.1) is 0 Å². The smallest absolute Gasteiger partial charge is 0.289 e. The Hall–Kier alpha value is -2.95. The lowest BCUT2D eigenvalue weighted by molar-refractivity contribution is 0.0941. The molecule has 0 bridgehead atoms. The molecule has 5 nitrogen and oxygen atoms in total. The normalized spacial score (nSPS) is 14.3. The fraction of sp³-hybridized carbons (Fsp3) is 0.318. The molecule has 1 amide bonds. The van der Waals surface area contributed by atoms with E-state index in [0.29, 0.717) is 6.54 Å². The summed E-state index contributed by atoms with van der Waals surface area (Å²) >= 11 is 0. The van der Waals surface area contributed by atoms with Gasteiger partial charge in [-0.3, -0.25) is 4.79 Å². The fourth-order valence-corrected chi connectivity index (χ4v) is 3.48. The Labute approximate surface area is 159 Å². The van der Waals surface area contributed by atoms with Gasteiger partial charge in [0.1, 0.15) is 5.82 Å². The molecule has 0 atom stereocenters. The summed E-state index contributed by atoms with van der Waals surface area (Å²) in [5.74, 6) is 0.877. The van der Waals surface area contributed by atoms with Crippen LogP contribution < -0.4 is 10.2 Å². The average molecular weight is 360 g/mol. The number of aromatic nitrogens is 2. The number of carbonyl (C=O) groups excluding carboxylic acids is 1. The fourth-order valence-electron chi connectivity index (χ4n) is 3.48. The molecule has 0 saturated carbocycles. The minimum atomic E-state index is -0.236. The molecule has 2 heterocycles. The van der Waals surface area contributed by atoms with Crippen LogP contribution in [0.15, 0.2) is 48.5 Å². The van der Waals surface area contributed by atoms with Crippen LogP contribution in [0.2, 0.25) is 0 Å². The van der Waals surface area contributed by atoms with Crippen LogP contribution >= 0.6 is 0 Å². The van der Waals surface area contributed by atoms with Gasteiger partial charge in [0.2, 0.25) is 5.82 Å². The Bertz CT molecular complexity index is 946. The second kappa shape index (κ2) is 7.74. The van der Waals surface area contributed by atoms with E-state index in [1.54, 1.807) is 0 Å². The average Bonchev–Trinajstić information content (AvgIpc) is 2.73. The number of piperidine rings is 1. The van der Waals surface area contributed by atoms with Crippen LogP contribution in [0.5, 0.6) is 0 Å². The van der Waals surface area contributed by atoms with Gasteiger partial charge < -0.3 is 10.2 Å². The van der Waals surface area contributed by atoms with E-state index in [1.807, 2.05) is 55.5 Å². The molecule has 1 N–H and O–H groups in total. The predicted molar refractivity (Wildman–Crippen MR) is 108 cm³/mol. The second-order valence-corrected chi connectivity index (χ2v) is 7.10. The maximum absolute atomic E-state index is 12.7. The van der Waals surface area contributed by atoms with Crippen LogP contribution in [0.1, 0.15) is 41.0 Å². The molecule has 4 rings (SSSR count). The molecule has 2 aromatic carbocycles. The highest BCUT2D eigenvalue weighted by Gasteiger charge is 2.19. The molecule has 1 aliphatic rings. The van der Waals surface area contributed by atoms with Crippen LogP contribution in [0.4, 0.5) is 5.82 Å². The molecule has 1 aromatic heterocycles. The number of carbonyl (C=O) groups is 1. The van der Waals surface area contributed by atoms with E-state index >= 15 is 0 Å². The van der Waals surface area contributed by atoms with E-state index in [2.05, 4.69) is 20.2 Å². The lowest BCUT2D eigenvalue weighted by Gasteiger charge is -2.28. The van der Waals surface area contributed by atoms with Gasteiger partial charge in [0.05, 0.1) is 5.52 Å². The van der Waals surface area contributed by atoms with Crippen molar-refractivity contribution in [3.05, 3.63) is 65.5 Å². The number of fused-ring (bicyclic) bond motifs is 1. The van der Waals surface area contributed by atoms with Crippen molar-refractivity contribution in [1.29, 1.82) is 0 Å². The Balaban J connectivity index is 1.60. The molecule has 5 heteroatoms. The predicted octanol–water partition coefficient (Wildman–Crippen LogP) is 3.86. The molecule has 0 aliphatic carbocycles. The third kappa shape index (κ3) is 3.92. The molecular weight excluding hydrogens is 336 g/mol. The van der Waals surface area contributed by atoms with Gasteiger partial charge >= 0.3 is 0 Å². The van der Waals surface area contributed by atoms with Gasteiger partial charge in [-0.1, -0.05) is 42.0 Å². The van der Waals surface area contributed by atoms with Gasteiger partial charge in [-0.2, -0.15) is 0 Å². The van der Waals surface area contributed by atoms with Crippen molar-refractivity contribution >= 4 is 22.6 Å². The van der Waals surface area contributed by atoms with E-state index in [0.717, 1.165) is 48.2 Å². The summed E-state index contributed by atoms with van der Waals surface area (Å²) in [5, 5.41) is 3.96. The standard InChI is InChI=1S/C22H24N4O/c1-16-9-11-17(12-10-16)15-23-22(27)20-24-19-8-4-3-7-18(19)21(25-20)26-13-5-2-6-14-26/h3-4,7-12H,2,5-6,13-15H2,1H3,(H,23,27). The first-order valence-electron chi connectivity index (χ1n) is 9.56. The Kier molecular flexibility index (Phi) is 5.01. The molecule has 0 spiro atoms. The van der Waals surface area contributed by atoms with Crippen molar-refractivity contribution in [2.24, 2.45) is 0 Å². The van der Waals surface area contributed by atoms with Crippen molar-refractivity contribution in [2.75, 3.05) is 18.0 Å². The summed E-state index contributed by atoms with van der Waals surface area (Å²) in [6.07, 6.45) is 3.57. The minimum absolute atomic E-state index is 0.236. The highest BCUT2D eigenvalue weighted by molar-refractivity contribution is 5.96. The first kappa shape index (κ1) is 17.5. The minimum Gasteiger partial charge on any atom is -0.356 e. The van der Waals surface area contributed by atoms with Crippen molar-refractivity contribution in [3.8, 4) is 0 Å². The van der Waals surface area contributed by atoms with Crippen LogP contribution in [0.3, 0.4) is 0 Å². The van der Waals surface area contributed by atoms with E-state index in [9.17, 15) is 4.79 Å². The maximum atomic E-state index is 12.7. The van der Waals surface area contributed by atoms with Gasteiger partial charge in [-0.05, 0) is 43.9 Å². The largest absolute Gasteiger partial charge is 0.356 e. The summed E-state index contributed by atoms with van der Waals surface area (Å²) in [6.45, 7) is 4.47. The number of para-hydroxylation sites is 1. The van der Waals surface area contributed by atoms with Crippen molar-refractivity contribution < 1.29 is 4.79 Å². The van der Waals surface area contributed by atoms with Crippen LogP contribution in [-0.4, -0.2) is 29.0 Å². The lowest BCUT2D eigenvalue weighted by Crippen LogP contribution is -2.32. The second-order valence-electron chi connectivity index (χ2n) is 7.10. The SMILES string of the molecule is Cc1ccc(CNC(=O)c2nc(N3CCCCC3)c3ccccc3n2)cc1. The zero-order valence-corrected chi connectivity index (χ0v) is 15.6. The number of nitrogens with one attached hydrogen (secondary N) is 1. The number of aryl methyl sites for hydroxylation is 1. The highest BCUT2D eigenvalue weighted by Crippen LogP contribution is 2.26. The van der Waals surface area contributed by atoms with E-state index in [-0.39, 0.29) is 11.7 Å². The molecule has 1 aliphatic heterocycles.